The Morgan fingerprint density at radius 2 is 2.12 bits per heavy atom. The van der Waals surface area contributed by atoms with Gasteiger partial charge in [0.25, 0.3) is 0 Å². The fourth-order valence-electron chi connectivity index (χ4n) is 1.81. The minimum Gasteiger partial charge on any atom is -0.0880 e. The van der Waals surface area contributed by atoms with Gasteiger partial charge in [-0.15, -0.1) is 0 Å². The highest BCUT2D eigenvalue weighted by atomic mass is 79.9. The number of allylic oxidation sites excluding steroid dienone is 2. The summed E-state index contributed by atoms with van der Waals surface area (Å²) in [5, 5.41) is 0. The molecule has 4 heteroatoms. The van der Waals surface area contributed by atoms with Gasteiger partial charge in [-0.25, -0.2) is 0 Å². The second-order valence-electron chi connectivity index (χ2n) is 3.72. The maximum absolute atomic E-state index is 6.02. The van der Waals surface area contributed by atoms with E-state index in [1.54, 1.807) is 11.8 Å². The van der Waals surface area contributed by atoms with Crippen LogP contribution in [0.3, 0.4) is 0 Å². The first-order chi connectivity index (χ1) is 7.75. The largest absolute Gasteiger partial charge is 0.115 e. The summed E-state index contributed by atoms with van der Waals surface area (Å²) >= 11 is 7.30. The quantitative estimate of drug-likeness (QED) is 0.665. The highest BCUT2D eigenvalue weighted by Crippen LogP contribution is 2.53. The Bertz CT molecular complexity index is 520. The van der Waals surface area contributed by atoms with E-state index in [1.165, 1.54) is 24.1 Å². The SMILES string of the molecule is [B]c1cccc2c1SC1=C(Br)CCC=C1S2. The third-order valence-corrected chi connectivity index (χ3v) is 6.39. The lowest BCUT2D eigenvalue weighted by Gasteiger charge is -2.25. The molecule has 78 valence electrons. The topological polar surface area (TPSA) is 0 Å². The van der Waals surface area contributed by atoms with Gasteiger partial charge in [0.1, 0.15) is 7.85 Å². The van der Waals surface area contributed by atoms with Gasteiger partial charge in [-0.3, -0.25) is 0 Å². The molecule has 1 aliphatic carbocycles. The lowest BCUT2D eigenvalue weighted by atomic mass is 9.96. The van der Waals surface area contributed by atoms with Crippen LogP contribution in [0.25, 0.3) is 0 Å². The van der Waals surface area contributed by atoms with E-state index in [4.69, 9.17) is 7.85 Å². The number of benzene rings is 1. The lowest BCUT2D eigenvalue weighted by Crippen LogP contribution is -2.10. The normalized spacial score (nSPS) is 18.9. The standard InChI is InChI=1S/C12H8BBrS2/c13-7-3-1-5-9-11(7)16-12-8(14)4-2-6-10(12)15-9/h1,3,5-6H,2,4H2. The van der Waals surface area contributed by atoms with E-state index in [2.05, 4.69) is 28.1 Å². The van der Waals surface area contributed by atoms with E-state index in [0.29, 0.717) is 0 Å². The first kappa shape index (κ1) is 11.1. The van der Waals surface area contributed by atoms with Crippen molar-refractivity contribution < 1.29 is 0 Å². The Balaban J connectivity index is 2.14. The van der Waals surface area contributed by atoms with Gasteiger partial charge in [-0.2, -0.15) is 0 Å². The maximum atomic E-state index is 6.02. The van der Waals surface area contributed by atoms with Crippen molar-refractivity contribution in [2.45, 2.75) is 22.6 Å². The predicted octanol–water partition coefficient (Wildman–Crippen LogP) is 3.96. The number of halogens is 1. The van der Waals surface area contributed by atoms with Crippen molar-refractivity contribution in [2.24, 2.45) is 0 Å². The first-order valence-electron chi connectivity index (χ1n) is 5.09. The molecule has 2 radical (unpaired) electrons. The van der Waals surface area contributed by atoms with Crippen LogP contribution in [0.2, 0.25) is 0 Å². The Morgan fingerprint density at radius 1 is 1.25 bits per heavy atom. The molecule has 1 heterocycles. The second-order valence-corrected chi connectivity index (χ2v) is 6.78. The van der Waals surface area contributed by atoms with Gasteiger partial charge in [0.2, 0.25) is 0 Å². The second kappa shape index (κ2) is 4.32. The van der Waals surface area contributed by atoms with Gasteiger partial charge in [0, 0.05) is 24.1 Å². The molecular formula is C12H8BBrS2. The van der Waals surface area contributed by atoms with Crippen molar-refractivity contribution in [1.29, 1.82) is 0 Å². The molecular weight excluding hydrogens is 299 g/mol. The minimum atomic E-state index is 0.882. The average molecular weight is 307 g/mol. The van der Waals surface area contributed by atoms with E-state index in [-0.39, 0.29) is 0 Å². The summed E-state index contributed by atoms with van der Waals surface area (Å²) in [6.45, 7) is 0. The van der Waals surface area contributed by atoms with Crippen LogP contribution in [0, 0.1) is 0 Å². The molecule has 0 spiro atoms. The zero-order valence-corrected chi connectivity index (χ0v) is 11.7. The molecule has 0 saturated heterocycles. The van der Waals surface area contributed by atoms with E-state index >= 15 is 0 Å². The Kier molecular flexibility index (Phi) is 2.98. The molecule has 16 heavy (non-hydrogen) atoms. The summed E-state index contributed by atoms with van der Waals surface area (Å²) in [7, 11) is 6.02. The van der Waals surface area contributed by atoms with Crippen LogP contribution in [0.4, 0.5) is 0 Å². The fourth-order valence-corrected chi connectivity index (χ4v) is 5.09. The maximum Gasteiger partial charge on any atom is 0.115 e. The van der Waals surface area contributed by atoms with Crippen LogP contribution < -0.4 is 5.46 Å². The number of hydrogen-bond donors (Lipinski definition) is 0. The van der Waals surface area contributed by atoms with Crippen molar-refractivity contribution in [3.63, 3.8) is 0 Å². The van der Waals surface area contributed by atoms with Crippen molar-refractivity contribution in [3.05, 3.63) is 38.6 Å². The Labute approximate surface area is 113 Å². The summed E-state index contributed by atoms with van der Waals surface area (Å²) < 4.78 is 1.32. The van der Waals surface area contributed by atoms with E-state index < -0.39 is 0 Å². The summed E-state index contributed by atoms with van der Waals surface area (Å²) in [6, 6.07) is 6.14. The smallest absolute Gasteiger partial charge is 0.0880 e. The fraction of sp³-hybridized carbons (Fsp3) is 0.167. The number of rotatable bonds is 0. The molecule has 0 fully saturated rings. The van der Waals surface area contributed by atoms with Gasteiger partial charge in [0.15, 0.2) is 0 Å². The zero-order valence-electron chi connectivity index (χ0n) is 8.50. The van der Waals surface area contributed by atoms with Gasteiger partial charge in [0.05, 0.1) is 0 Å². The van der Waals surface area contributed by atoms with Gasteiger partial charge < -0.3 is 0 Å². The molecule has 0 N–H and O–H groups in total. The molecule has 1 aliphatic heterocycles. The monoisotopic (exact) mass is 306 g/mol. The van der Waals surface area contributed by atoms with Gasteiger partial charge in [-0.05, 0) is 18.9 Å². The van der Waals surface area contributed by atoms with E-state index in [0.717, 1.165) is 18.3 Å². The molecule has 0 unspecified atom stereocenters. The number of fused-ring (bicyclic) bond motifs is 2. The number of thioether (sulfide) groups is 2. The third kappa shape index (κ3) is 1.81. The highest BCUT2D eigenvalue weighted by molar-refractivity contribution is 9.11. The summed E-state index contributed by atoms with van der Waals surface area (Å²) in [5.74, 6) is 0. The lowest BCUT2D eigenvalue weighted by molar-refractivity contribution is 1.01. The molecule has 3 rings (SSSR count). The summed E-state index contributed by atoms with van der Waals surface area (Å²) in [5.41, 5.74) is 0.882. The molecule has 0 atom stereocenters. The zero-order chi connectivity index (χ0) is 11.1. The molecule has 0 saturated carbocycles. The van der Waals surface area contributed by atoms with E-state index in [9.17, 15) is 0 Å². The Hall–Kier alpha value is -0.0551. The summed E-state index contributed by atoms with van der Waals surface area (Å²) in [6.07, 6.45) is 4.56. The van der Waals surface area contributed by atoms with Crippen LogP contribution in [0.15, 0.2) is 48.4 Å². The Morgan fingerprint density at radius 3 is 3.00 bits per heavy atom. The molecule has 0 nitrogen and oxygen atoms in total. The average Bonchev–Trinajstić information content (AvgIpc) is 2.28. The first-order valence-corrected chi connectivity index (χ1v) is 7.51. The van der Waals surface area contributed by atoms with Crippen LogP contribution >= 0.6 is 39.5 Å². The molecule has 2 aliphatic rings. The summed E-state index contributed by atoms with van der Waals surface area (Å²) in [4.78, 5) is 5.21. The number of hydrogen-bond acceptors (Lipinski definition) is 2. The van der Waals surface area contributed by atoms with Crippen LogP contribution in [-0.4, -0.2) is 7.85 Å². The molecule has 0 amide bonds. The third-order valence-electron chi connectivity index (χ3n) is 2.60. The van der Waals surface area contributed by atoms with Crippen LogP contribution in [0.5, 0.6) is 0 Å². The van der Waals surface area contributed by atoms with Crippen molar-refractivity contribution in [2.75, 3.05) is 0 Å². The molecule has 1 aromatic rings. The van der Waals surface area contributed by atoms with Crippen molar-refractivity contribution >= 4 is 52.8 Å². The van der Waals surface area contributed by atoms with Crippen LogP contribution in [0.1, 0.15) is 12.8 Å². The molecule has 0 bridgehead atoms. The van der Waals surface area contributed by atoms with Crippen LogP contribution in [-0.2, 0) is 0 Å². The minimum absolute atomic E-state index is 0.882. The highest BCUT2D eigenvalue weighted by Gasteiger charge is 2.24. The van der Waals surface area contributed by atoms with Crippen molar-refractivity contribution in [3.8, 4) is 0 Å². The molecule has 0 aromatic heterocycles. The van der Waals surface area contributed by atoms with Crippen molar-refractivity contribution in [1.82, 2.24) is 0 Å². The van der Waals surface area contributed by atoms with Gasteiger partial charge >= 0.3 is 0 Å². The predicted molar refractivity (Wildman–Crippen MR) is 76.8 cm³/mol. The molecule has 1 aromatic carbocycles. The van der Waals surface area contributed by atoms with Gasteiger partial charge in [-0.1, -0.05) is 63.1 Å². The van der Waals surface area contributed by atoms with E-state index in [1.807, 2.05) is 23.9 Å².